The number of nitrogens with zero attached hydrogens (tertiary/aromatic N) is 1. The van der Waals surface area contributed by atoms with Gasteiger partial charge >= 0.3 is 0 Å². The van der Waals surface area contributed by atoms with E-state index in [9.17, 15) is 4.79 Å². The molecule has 1 heterocycles. The van der Waals surface area contributed by atoms with Crippen LogP contribution >= 0.6 is 22.6 Å². The SMILES string of the molecule is Cc1ccc(C(=O)CCCCC2=CCN=C2)cc1I. The molecule has 0 saturated carbocycles. The molecule has 2 rings (SSSR count). The Labute approximate surface area is 128 Å². The largest absolute Gasteiger partial charge is 0.294 e. The normalized spacial score (nSPS) is 13.7. The fraction of sp³-hybridized carbons (Fsp3) is 0.375. The lowest BCUT2D eigenvalue weighted by molar-refractivity contribution is 0.0979. The van der Waals surface area contributed by atoms with Crippen molar-refractivity contribution in [1.29, 1.82) is 0 Å². The molecule has 3 heteroatoms. The van der Waals surface area contributed by atoms with Crippen molar-refractivity contribution in [2.45, 2.75) is 32.6 Å². The van der Waals surface area contributed by atoms with Crippen LogP contribution in [0, 0.1) is 10.5 Å². The molecule has 0 fully saturated rings. The molecule has 100 valence electrons. The number of carbonyl (C=O) groups is 1. The van der Waals surface area contributed by atoms with E-state index >= 15 is 0 Å². The second kappa shape index (κ2) is 6.98. The minimum absolute atomic E-state index is 0.256. The van der Waals surface area contributed by atoms with Gasteiger partial charge in [-0.15, -0.1) is 0 Å². The topological polar surface area (TPSA) is 29.4 Å². The van der Waals surface area contributed by atoms with Crippen molar-refractivity contribution in [2.24, 2.45) is 4.99 Å². The zero-order valence-electron chi connectivity index (χ0n) is 11.2. The quantitative estimate of drug-likeness (QED) is 0.418. The maximum Gasteiger partial charge on any atom is 0.162 e. The van der Waals surface area contributed by atoms with Crippen LogP contribution in [-0.2, 0) is 0 Å². The summed E-state index contributed by atoms with van der Waals surface area (Å²) in [5.41, 5.74) is 3.39. The first-order valence-corrected chi connectivity index (χ1v) is 7.73. The molecule has 0 aromatic heterocycles. The van der Waals surface area contributed by atoms with Crippen LogP contribution in [0.5, 0.6) is 0 Å². The Morgan fingerprint density at radius 3 is 2.89 bits per heavy atom. The Kier molecular flexibility index (Phi) is 5.31. The van der Waals surface area contributed by atoms with Gasteiger partial charge < -0.3 is 0 Å². The zero-order chi connectivity index (χ0) is 13.7. The van der Waals surface area contributed by atoms with Crippen molar-refractivity contribution in [3.63, 3.8) is 0 Å². The smallest absolute Gasteiger partial charge is 0.162 e. The third kappa shape index (κ3) is 4.27. The lowest BCUT2D eigenvalue weighted by Crippen LogP contribution is -2.00. The molecule has 19 heavy (non-hydrogen) atoms. The Morgan fingerprint density at radius 1 is 1.37 bits per heavy atom. The number of halogens is 1. The van der Waals surface area contributed by atoms with Crippen molar-refractivity contribution in [3.8, 4) is 0 Å². The molecular formula is C16H18INO. The van der Waals surface area contributed by atoms with Crippen molar-refractivity contribution in [3.05, 3.63) is 44.5 Å². The predicted octanol–water partition coefficient (Wildman–Crippen LogP) is 4.35. The third-order valence-corrected chi connectivity index (χ3v) is 4.49. The van der Waals surface area contributed by atoms with Gasteiger partial charge in [0.25, 0.3) is 0 Å². The first-order chi connectivity index (χ1) is 9.16. The number of rotatable bonds is 6. The summed E-state index contributed by atoms with van der Waals surface area (Å²) in [5.74, 6) is 0.256. The van der Waals surface area contributed by atoms with Crippen LogP contribution in [0.2, 0.25) is 0 Å². The van der Waals surface area contributed by atoms with Gasteiger partial charge in [-0.2, -0.15) is 0 Å². The van der Waals surface area contributed by atoms with E-state index in [-0.39, 0.29) is 5.78 Å². The van der Waals surface area contributed by atoms with Crippen LogP contribution in [0.1, 0.15) is 41.6 Å². The molecule has 0 aliphatic carbocycles. The van der Waals surface area contributed by atoms with Gasteiger partial charge in [-0.3, -0.25) is 9.79 Å². The molecular weight excluding hydrogens is 349 g/mol. The highest BCUT2D eigenvalue weighted by Crippen LogP contribution is 2.17. The maximum atomic E-state index is 12.1. The fourth-order valence-corrected chi connectivity index (χ4v) is 2.60. The number of unbranched alkanes of at least 4 members (excludes halogenated alkanes) is 1. The van der Waals surface area contributed by atoms with Crippen LogP contribution in [0.4, 0.5) is 0 Å². The monoisotopic (exact) mass is 367 g/mol. The Hall–Kier alpha value is -0.970. The van der Waals surface area contributed by atoms with Gasteiger partial charge in [0.05, 0.1) is 6.54 Å². The highest BCUT2D eigenvalue weighted by Gasteiger charge is 2.07. The molecule has 0 N–H and O–H groups in total. The summed E-state index contributed by atoms with van der Waals surface area (Å²) in [6.45, 7) is 2.89. The molecule has 1 aromatic rings. The minimum atomic E-state index is 0.256. The van der Waals surface area contributed by atoms with Crippen molar-refractivity contribution in [2.75, 3.05) is 6.54 Å². The number of carbonyl (C=O) groups excluding carboxylic acids is 1. The van der Waals surface area contributed by atoms with Gasteiger partial charge in [-0.25, -0.2) is 0 Å². The molecule has 1 aromatic carbocycles. The lowest BCUT2D eigenvalue weighted by atomic mass is 10.0. The Bertz CT molecular complexity index is 532. The minimum Gasteiger partial charge on any atom is -0.294 e. The lowest BCUT2D eigenvalue weighted by Gasteiger charge is -2.04. The number of allylic oxidation sites excluding steroid dienone is 1. The Morgan fingerprint density at radius 2 is 2.21 bits per heavy atom. The van der Waals surface area contributed by atoms with Crippen LogP contribution in [0.15, 0.2) is 34.8 Å². The molecule has 1 aliphatic rings. The summed E-state index contributed by atoms with van der Waals surface area (Å²) < 4.78 is 1.16. The van der Waals surface area contributed by atoms with E-state index in [1.54, 1.807) is 0 Å². The van der Waals surface area contributed by atoms with E-state index in [0.29, 0.717) is 6.42 Å². The summed E-state index contributed by atoms with van der Waals surface area (Å²) in [5, 5.41) is 0. The molecule has 0 spiro atoms. The summed E-state index contributed by atoms with van der Waals surface area (Å²) in [4.78, 5) is 16.2. The maximum absolute atomic E-state index is 12.1. The second-order valence-corrected chi connectivity index (χ2v) is 6.03. The van der Waals surface area contributed by atoms with Crippen molar-refractivity contribution < 1.29 is 4.79 Å². The van der Waals surface area contributed by atoms with Crippen LogP contribution in [0.3, 0.4) is 0 Å². The molecule has 0 bridgehead atoms. The van der Waals surface area contributed by atoms with E-state index in [1.807, 2.05) is 24.4 Å². The molecule has 0 unspecified atom stereocenters. The van der Waals surface area contributed by atoms with Gasteiger partial charge in [-0.1, -0.05) is 18.2 Å². The van der Waals surface area contributed by atoms with E-state index in [4.69, 9.17) is 0 Å². The number of aliphatic imine (C=N–C) groups is 1. The molecule has 2 nitrogen and oxygen atoms in total. The summed E-state index contributed by atoms with van der Waals surface area (Å²) in [6, 6.07) is 5.95. The van der Waals surface area contributed by atoms with Crippen molar-refractivity contribution in [1.82, 2.24) is 0 Å². The van der Waals surface area contributed by atoms with Gasteiger partial charge in [-0.05, 0) is 66.0 Å². The number of benzene rings is 1. The number of hydrogen-bond acceptors (Lipinski definition) is 2. The van der Waals surface area contributed by atoms with Crippen LogP contribution in [0.25, 0.3) is 0 Å². The van der Waals surface area contributed by atoms with Gasteiger partial charge in [0.1, 0.15) is 0 Å². The van der Waals surface area contributed by atoms with Crippen LogP contribution in [-0.4, -0.2) is 18.5 Å². The molecule has 0 atom stereocenters. The summed E-state index contributed by atoms with van der Waals surface area (Å²) in [7, 11) is 0. The molecule has 0 radical (unpaired) electrons. The standard InChI is InChI=1S/C16H18INO/c1-12-6-7-14(10-15(12)17)16(19)5-3-2-4-13-8-9-18-11-13/h6-8,10-11H,2-5,9H2,1H3. The number of hydrogen-bond donors (Lipinski definition) is 0. The summed E-state index contributed by atoms with van der Waals surface area (Å²) in [6.07, 6.45) is 7.81. The first-order valence-electron chi connectivity index (χ1n) is 6.65. The molecule has 0 amide bonds. The average molecular weight is 367 g/mol. The van der Waals surface area contributed by atoms with Crippen molar-refractivity contribution >= 4 is 34.6 Å². The number of Topliss-reactive ketones (excluding diaryl/α,β-unsaturated/α-hetero) is 1. The van der Waals surface area contributed by atoms with Gasteiger partial charge in [0, 0.05) is 21.8 Å². The van der Waals surface area contributed by atoms with Gasteiger partial charge in [0.15, 0.2) is 5.78 Å². The fourth-order valence-electron chi connectivity index (χ4n) is 2.08. The number of ketones is 1. The van der Waals surface area contributed by atoms with E-state index in [0.717, 1.165) is 34.9 Å². The molecule has 1 aliphatic heterocycles. The first kappa shape index (κ1) is 14.4. The van der Waals surface area contributed by atoms with E-state index < -0.39 is 0 Å². The molecule has 0 saturated heterocycles. The van der Waals surface area contributed by atoms with Gasteiger partial charge in [0.2, 0.25) is 0 Å². The zero-order valence-corrected chi connectivity index (χ0v) is 13.3. The highest BCUT2D eigenvalue weighted by atomic mass is 127. The highest BCUT2D eigenvalue weighted by molar-refractivity contribution is 14.1. The number of aryl methyl sites for hydroxylation is 1. The Balaban J connectivity index is 1.77. The van der Waals surface area contributed by atoms with Crippen LogP contribution < -0.4 is 0 Å². The average Bonchev–Trinajstić information content (AvgIpc) is 2.91. The third-order valence-electron chi connectivity index (χ3n) is 3.33. The predicted molar refractivity (Wildman–Crippen MR) is 88.1 cm³/mol. The summed E-state index contributed by atoms with van der Waals surface area (Å²) >= 11 is 2.28. The second-order valence-electron chi connectivity index (χ2n) is 4.87. The van der Waals surface area contributed by atoms with E-state index in [2.05, 4.69) is 40.6 Å². The van der Waals surface area contributed by atoms with E-state index in [1.165, 1.54) is 11.1 Å².